The summed E-state index contributed by atoms with van der Waals surface area (Å²) in [5, 5.41) is 1.22. The fraction of sp³-hybridized carbons (Fsp3) is 0.471. The lowest BCUT2D eigenvalue weighted by atomic mass is 10.2. The zero-order valence-electron chi connectivity index (χ0n) is 12.2. The van der Waals surface area contributed by atoms with Crippen LogP contribution in [0.1, 0.15) is 25.5 Å². The Balaban J connectivity index is 1.65. The number of fused-ring (bicyclic) bond motifs is 1. The average Bonchev–Trinajstić information content (AvgIpc) is 2.50. The maximum absolute atomic E-state index is 5.55. The number of para-hydroxylation sites is 1. The highest BCUT2D eigenvalue weighted by atomic mass is 32.2. The van der Waals surface area contributed by atoms with Crippen molar-refractivity contribution in [1.82, 2.24) is 4.98 Å². The largest absolute Gasteiger partial charge is 0.381 e. The van der Waals surface area contributed by atoms with Crippen molar-refractivity contribution in [3.8, 4) is 0 Å². The van der Waals surface area contributed by atoms with Crippen LogP contribution >= 0.6 is 11.8 Å². The third-order valence-electron chi connectivity index (χ3n) is 3.17. The first-order valence-corrected chi connectivity index (χ1v) is 8.56. The van der Waals surface area contributed by atoms with E-state index in [9.17, 15) is 0 Å². The van der Waals surface area contributed by atoms with Crippen molar-refractivity contribution in [1.29, 1.82) is 0 Å². The Hall–Kier alpha value is -1.06. The predicted octanol–water partition coefficient (Wildman–Crippen LogP) is 4.33. The van der Waals surface area contributed by atoms with Crippen LogP contribution < -0.4 is 0 Å². The van der Waals surface area contributed by atoms with Crippen LogP contribution in [0.25, 0.3) is 10.9 Å². The number of benzene rings is 1. The Kier molecular flexibility index (Phi) is 6.89. The first-order valence-electron chi connectivity index (χ1n) is 7.40. The van der Waals surface area contributed by atoms with Gasteiger partial charge in [0.25, 0.3) is 0 Å². The highest BCUT2D eigenvalue weighted by molar-refractivity contribution is 7.99. The number of thioether (sulfide) groups is 1. The SMILES string of the molecule is CCCCOCCSCCc1ccc2ccccc2n1. The molecule has 0 bridgehead atoms. The Morgan fingerprint density at radius 2 is 1.95 bits per heavy atom. The van der Waals surface area contributed by atoms with Crippen molar-refractivity contribution in [3.63, 3.8) is 0 Å². The van der Waals surface area contributed by atoms with E-state index < -0.39 is 0 Å². The minimum atomic E-state index is 0.871. The van der Waals surface area contributed by atoms with Gasteiger partial charge in [-0.15, -0.1) is 0 Å². The number of ether oxygens (including phenoxy) is 1. The molecule has 0 radical (unpaired) electrons. The number of unbranched alkanes of at least 4 members (excludes halogenated alkanes) is 1. The summed E-state index contributed by atoms with van der Waals surface area (Å²) in [6.07, 6.45) is 3.41. The van der Waals surface area contributed by atoms with Crippen LogP contribution in [0.3, 0.4) is 0 Å². The molecule has 1 heterocycles. The van der Waals surface area contributed by atoms with Crippen LogP contribution in [0, 0.1) is 0 Å². The average molecular weight is 289 g/mol. The summed E-state index contributed by atoms with van der Waals surface area (Å²) in [5.74, 6) is 2.19. The third kappa shape index (κ3) is 5.14. The van der Waals surface area contributed by atoms with Crippen molar-refractivity contribution in [3.05, 3.63) is 42.1 Å². The first-order chi connectivity index (χ1) is 9.90. The molecule has 20 heavy (non-hydrogen) atoms. The van der Waals surface area contributed by atoms with Gasteiger partial charge in [-0.1, -0.05) is 37.6 Å². The number of hydrogen-bond acceptors (Lipinski definition) is 3. The Bertz CT molecular complexity index is 515. The molecule has 0 aliphatic carbocycles. The molecule has 0 unspecified atom stereocenters. The lowest BCUT2D eigenvalue weighted by Gasteiger charge is -2.04. The molecule has 0 saturated carbocycles. The van der Waals surface area contributed by atoms with E-state index in [1.165, 1.54) is 23.9 Å². The van der Waals surface area contributed by atoms with Gasteiger partial charge in [0.05, 0.1) is 12.1 Å². The summed E-state index contributed by atoms with van der Waals surface area (Å²) in [6.45, 7) is 3.97. The maximum atomic E-state index is 5.55. The Morgan fingerprint density at radius 3 is 2.85 bits per heavy atom. The highest BCUT2D eigenvalue weighted by Crippen LogP contribution is 2.13. The van der Waals surface area contributed by atoms with Crippen LogP contribution in [0.5, 0.6) is 0 Å². The molecule has 0 atom stereocenters. The van der Waals surface area contributed by atoms with Gasteiger partial charge in [0, 0.05) is 23.4 Å². The van der Waals surface area contributed by atoms with Crippen molar-refractivity contribution in [2.24, 2.45) is 0 Å². The summed E-state index contributed by atoms with van der Waals surface area (Å²) in [5.41, 5.74) is 2.28. The zero-order chi connectivity index (χ0) is 14.0. The monoisotopic (exact) mass is 289 g/mol. The van der Waals surface area contributed by atoms with Crippen LogP contribution in [0.2, 0.25) is 0 Å². The number of nitrogens with zero attached hydrogens (tertiary/aromatic N) is 1. The number of rotatable bonds is 9. The molecular formula is C17H23NOS. The molecule has 3 heteroatoms. The molecule has 0 amide bonds. The van der Waals surface area contributed by atoms with Gasteiger partial charge >= 0.3 is 0 Å². The van der Waals surface area contributed by atoms with Gasteiger partial charge in [-0.3, -0.25) is 4.98 Å². The molecule has 0 saturated heterocycles. The Morgan fingerprint density at radius 1 is 1.05 bits per heavy atom. The molecule has 0 fully saturated rings. The van der Waals surface area contributed by atoms with E-state index in [0.717, 1.165) is 36.7 Å². The summed E-state index contributed by atoms with van der Waals surface area (Å²) >= 11 is 1.95. The van der Waals surface area contributed by atoms with Gasteiger partial charge in [0.15, 0.2) is 0 Å². The van der Waals surface area contributed by atoms with Gasteiger partial charge in [-0.25, -0.2) is 0 Å². The molecule has 2 nitrogen and oxygen atoms in total. The van der Waals surface area contributed by atoms with Crippen LogP contribution in [0.15, 0.2) is 36.4 Å². The van der Waals surface area contributed by atoms with E-state index in [1.54, 1.807) is 0 Å². The predicted molar refractivity (Wildman–Crippen MR) is 88.5 cm³/mol. The molecule has 108 valence electrons. The van der Waals surface area contributed by atoms with E-state index in [0.29, 0.717) is 0 Å². The lowest BCUT2D eigenvalue weighted by Crippen LogP contribution is -2.00. The standard InChI is InChI=1S/C17H23NOS/c1-2-3-11-19-12-14-20-13-10-16-9-8-15-6-4-5-7-17(15)18-16/h4-9H,2-3,10-14H2,1H3. The minimum Gasteiger partial charge on any atom is -0.381 e. The van der Waals surface area contributed by atoms with Gasteiger partial charge < -0.3 is 4.74 Å². The van der Waals surface area contributed by atoms with Gasteiger partial charge in [0.1, 0.15) is 0 Å². The molecule has 1 aromatic heterocycles. The second-order valence-electron chi connectivity index (χ2n) is 4.82. The minimum absolute atomic E-state index is 0.871. The third-order valence-corrected chi connectivity index (χ3v) is 4.12. The van der Waals surface area contributed by atoms with Crippen LogP contribution in [-0.4, -0.2) is 29.7 Å². The van der Waals surface area contributed by atoms with Gasteiger partial charge in [-0.2, -0.15) is 11.8 Å². The summed E-state index contributed by atoms with van der Waals surface area (Å²) < 4.78 is 5.55. The summed E-state index contributed by atoms with van der Waals surface area (Å²) in [6, 6.07) is 12.6. The Labute approximate surface area is 125 Å². The molecule has 0 N–H and O–H groups in total. The molecule has 1 aromatic carbocycles. The molecule has 2 rings (SSSR count). The van der Waals surface area contributed by atoms with Crippen molar-refractivity contribution in [2.45, 2.75) is 26.2 Å². The molecule has 2 aromatic rings. The van der Waals surface area contributed by atoms with Gasteiger partial charge in [-0.05, 0) is 30.7 Å². The fourth-order valence-electron chi connectivity index (χ4n) is 1.99. The zero-order valence-corrected chi connectivity index (χ0v) is 13.0. The van der Waals surface area contributed by atoms with E-state index in [-0.39, 0.29) is 0 Å². The quantitative estimate of drug-likeness (QED) is 0.642. The number of aryl methyl sites for hydroxylation is 1. The number of pyridine rings is 1. The van der Waals surface area contributed by atoms with E-state index in [2.05, 4.69) is 42.2 Å². The molecular weight excluding hydrogens is 266 g/mol. The lowest BCUT2D eigenvalue weighted by molar-refractivity contribution is 0.147. The summed E-state index contributed by atoms with van der Waals surface area (Å²) in [7, 11) is 0. The number of hydrogen-bond donors (Lipinski definition) is 0. The van der Waals surface area contributed by atoms with Crippen molar-refractivity contribution in [2.75, 3.05) is 24.7 Å². The molecule has 0 aliphatic heterocycles. The molecule has 0 spiro atoms. The second kappa shape index (κ2) is 8.98. The first kappa shape index (κ1) is 15.3. The number of aromatic nitrogens is 1. The maximum Gasteiger partial charge on any atom is 0.0705 e. The molecule has 0 aliphatic rings. The smallest absolute Gasteiger partial charge is 0.0705 e. The highest BCUT2D eigenvalue weighted by Gasteiger charge is 1.98. The normalized spacial score (nSPS) is 11.1. The van der Waals surface area contributed by atoms with Crippen LogP contribution in [-0.2, 0) is 11.2 Å². The van der Waals surface area contributed by atoms with E-state index in [1.807, 2.05) is 17.8 Å². The van der Waals surface area contributed by atoms with Gasteiger partial charge in [0.2, 0.25) is 0 Å². The van der Waals surface area contributed by atoms with Crippen molar-refractivity contribution < 1.29 is 4.74 Å². The van der Waals surface area contributed by atoms with E-state index in [4.69, 9.17) is 4.74 Å². The van der Waals surface area contributed by atoms with E-state index >= 15 is 0 Å². The van der Waals surface area contributed by atoms with Crippen LogP contribution in [0.4, 0.5) is 0 Å². The van der Waals surface area contributed by atoms with Crippen molar-refractivity contribution >= 4 is 22.7 Å². The summed E-state index contributed by atoms with van der Waals surface area (Å²) in [4.78, 5) is 4.69. The fourth-order valence-corrected chi connectivity index (χ4v) is 2.79. The topological polar surface area (TPSA) is 22.1 Å². The second-order valence-corrected chi connectivity index (χ2v) is 6.05.